The molecule has 184 valence electrons. The van der Waals surface area contributed by atoms with E-state index in [9.17, 15) is 9.18 Å². The molecular weight excluding hydrogens is 483 g/mol. The summed E-state index contributed by atoms with van der Waals surface area (Å²) in [7, 11) is 0. The molecule has 4 aromatic carbocycles. The molecule has 1 aliphatic heterocycles. The van der Waals surface area contributed by atoms with Gasteiger partial charge in [-0.05, 0) is 91.3 Å². The van der Waals surface area contributed by atoms with Crippen molar-refractivity contribution in [3.05, 3.63) is 130 Å². The number of halogens is 1. The van der Waals surface area contributed by atoms with Crippen LogP contribution in [-0.4, -0.2) is 11.1 Å². The smallest absolute Gasteiger partial charge is 0.271 e. The zero-order valence-electron chi connectivity index (χ0n) is 20.5. The Balaban J connectivity index is 1.38. The number of rotatable bonds is 6. The zero-order valence-corrected chi connectivity index (χ0v) is 21.3. The van der Waals surface area contributed by atoms with Crippen molar-refractivity contribution in [2.45, 2.75) is 20.5 Å². The van der Waals surface area contributed by atoms with Crippen LogP contribution in [0.4, 0.5) is 15.8 Å². The predicted molar refractivity (Wildman–Crippen MR) is 150 cm³/mol. The summed E-state index contributed by atoms with van der Waals surface area (Å²) in [6.45, 7) is 4.32. The summed E-state index contributed by atoms with van der Waals surface area (Å²) >= 11 is 1.35. The summed E-state index contributed by atoms with van der Waals surface area (Å²) in [5, 5.41) is 0.610. The van der Waals surface area contributed by atoms with Crippen molar-refractivity contribution in [1.82, 2.24) is 0 Å². The number of amidine groups is 1. The summed E-state index contributed by atoms with van der Waals surface area (Å²) in [6.07, 6.45) is 1.86. The van der Waals surface area contributed by atoms with E-state index in [1.807, 2.05) is 98.8 Å². The first-order valence-electron chi connectivity index (χ1n) is 11.9. The van der Waals surface area contributed by atoms with Crippen LogP contribution in [0.25, 0.3) is 6.08 Å². The van der Waals surface area contributed by atoms with Crippen LogP contribution < -0.4 is 9.64 Å². The lowest BCUT2D eigenvalue weighted by Crippen LogP contribution is -2.28. The Hall–Kier alpha value is -4.16. The van der Waals surface area contributed by atoms with Crippen molar-refractivity contribution < 1.29 is 13.9 Å². The standard InChI is InChI=1S/C31H25FN2O2S/c1-21-6-12-26(13-7-21)33-31-34(27-14-8-22(2)9-15-27)30(35)29(37-31)19-23-10-16-28(17-11-23)36-20-24-4-3-5-25(32)18-24/h3-19H,20H2,1-2H3/b29-19-,33-31?. The second-order valence-electron chi connectivity index (χ2n) is 8.80. The number of benzene rings is 4. The zero-order chi connectivity index (χ0) is 25.8. The first-order valence-corrected chi connectivity index (χ1v) is 12.7. The van der Waals surface area contributed by atoms with E-state index >= 15 is 0 Å². The van der Waals surface area contributed by atoms with Gasteiger partial charge >= 0.3 is 0 Å². The lowest BCUT2D eigenvalue weighted by atomic mass is 10.2. The third kappa shape index (κ3) is 5.98. The van der Waals surface area contributed by atoms with E-state index in [2.05, 4.69) is 0 Å². The Labute approximate surface area is 220 Å². The predicted octanol–water partition coefficient (Wildman–Crippen LogP) is 7.83. The van der Waals surface area contributed by atoms with Crippen molar-refractivity contribution in [1.29, 1.82) is 0 Å². The number of carbonyl (C=O) groups is 1. The van der Waals surface area contributed by atoms with Gasteiger partial charge in [-0.25, -0.2) is 9.38 Å². The number of hydrogen-bond donors (Lipinski definition) is 0. The summed E-state index contributed by atoms with van der Waals surface area (Å²) < 4.78 is 19.2. The molecule has 1 amide bonds. The Morgan fingerprint density at radius 2 is 1.57 bits per heavy atom. The lowest BCUT2D eigenvalue weighted by molar-refractivity contribution is -0.113. The molecule has 0 unspecified atom stereocenters. The van der Waals surface area contributed by atoms with Gasteiger partial charge in [-0.1, -0.05) is 59.7 Å². The Morgan fingerprint density at radius 1 is 0.892 bits per heavy atom. The summed E-state index contributed by atoms with van der Waals surface area (Å²) in [4.78, 5) is 20.5. The molecule has 0 saturated carbocycles. The van der Waals surface area contributed by atoms with Crippen molar-refractivity contribution in [3.8, 4) is 5.75 Å². The number of nitrogens with zero attached hydrogens (tertiary/aromatic N) is 2. The van der Waals surface area contributed by atoms with Crippen LogP contribution in [-0.2, 0) is 11.4 Å². The number of aliphatic imine (C=N–C) groups is 1. The highest BCUT2D eigenvalue weighted by molar-refractivity contribution is 8.19. The number of thioether (sulfide) groups is 1. The molecule has 1 fully saturated rings. The van der Waals surface area contributed by atoms with Crippen LogP contribution in [0.2, 0.25) is 0 Å². The van der Waals surface area contributed by atoms with Gasteiger partial charge in [0.15, 0.2) is 5.17 Å². The molecule has 0 bridgehead atoms. The quantitative estimate of drug-likeness (QED) is 0.249. The van der Waals surface area contributed by atoms with Gasteiger partial charge in [-0.15, -0.1) is 0 Å². The molecule has 1 aliphatic rings. The van der Waals surface area contributed by atoms with Crippen molar-refractivity contribution >= 4 is 40.3 Å². The van der Waals surface area contributed by atoms with Gasteiger partial charge < -0.3 is 4.74 Å². The summed E-state index contributed by atoms with van der Waals surface area (Å²) in [5.74, 6) is 0.262. The maximum Gasteiger partial charge on any atom is 0.271 e. The third-order valence-corrected chi connectivity index (χ3v) is 6.80. The van der Waals surface area contributed by atoms with Crippen LogP contribution in [0.1, 0.15) is 22.3 Å². The lowest BCUT2D eigenvalue weighted by Gasteiger charge is -2.16. The normalized spacial score (nSPS) is 15.5. The molecule has 6 heteroatoms. The van der Waals surface area contributed by atoms with Crippen LogP contribution in [0, 0.1) is 19.7 Å². The molecule has 0 N–H and O–H groups in total. The van der Waals surface area contributed by atoms with Crippen molar-refractivity contribution in [2.75, 3.05) is 4.90 Å². The van der Waals surface area contributed by atoms with E-state index < -0.39 is 0 Å². The first kappa shape index (κ1) is 24.5. The van der Waals surface area contributed by atoms with E-state index in [0.717, 1.165) is 33.6 Å². The molecule has 4 aromatic rings. The molecule has 1 heterocycles. The Kier molecular flexibility index (Phi) is 7.19. The SMILES string of the molecule is Cc1ccc(N=C2S/C(=C\c3ccc(OCc4cccc(F)c4)cc3)C(=O)N2c2ccc(C)cc2)cc1. The number of amides is 1. The minimum absolute atomic E-state index is 0.119. The van der Waals surface area contributed by atoms with Gasteiger partial charge in [0, 0.05) is 0 Å². The van der Waals surface area contributed by atoms with Gasteiger partial charge in [0.2, 0.25) is 0 Å². The molecule has 0 radical (unpaired) electrons. The first-order chi connectivity index (χ1) is 17.9. The highest BCUT2D eigenvalue weighted by atomic mass is 32.2. The van der Waals surface area contributed by atoms with E-state index in [1.54, 1.807) is 11.0 Å². The molecular formula is C31H25FN2O2S. The molecule has 4 nitrogen and oxygen atoms in total. The van der Waals surface area contributed by atoms with Gasteiger partial charge in [0.05, 0.1) is 16.3 Å². The molecule has 0 aliphatic carbocycles. The minimum Gasteiger partial charge on any atom is -0.489 e. The highest BCUT2D eigenvalue weighted by Gasteiger charge is 2.34. The number of hydrogen-bond acceptors (Lipinski definition) is 4. The Bertz CT molecular complexity index is 1480. The second kappa shape index (κ2) is 10.8. The van der Waals surface area contributed by atoms with E-state index in [0.29, 0.717) is 15.8 Å². The molecule has 0 aromatic heterocycles. The van der Waals surface area contributed by atoms with Crippen LogP contribution in [0.5, 0.6) is 5.75 Å². The van der Waals surface area contributed by atoms with Crippen LogP contribution in [0.3, 0.4) is 0 Å². The number of ether oxygens (including phenoxy) is 1. The summed E-state index contributed by atoms with van der Waals surface area (Å²) in [6, 6.07) is 29.6. The number of carbonyl (C=O) groups excluding carboxylic acids is 1. The fraction of sp³-hybridized carbons (Fsp3) is 0.0968. The topological polar surface area (TPSA) is 41.9 Å². The Morgan fingerprint density at radius 3 is 2.24 bits per heavy atom. The fourth-order valence-electron chi connectivity index (χ4n) is 3.81. The maximum atomic E-state index is 13.5. The van der Waals surface area contributed by atoms with Gasteiger partial charge in [0.1, 0.15) is 18.2 Å². The fourth-order valence-corrected chi connectivity index (χ4v) is 4.81. The second-order valence-corrected chi connectivity index (χ2v) is 9.81. The summed E-state index contributed by atoms with van der Waals surface area (Å²) in [5.41, 5.74) is 5.47. The van der Waals surface area contributed by atoms with Gasteiger partial charge in [-0.3, -0.25) is 9.69 Å². The van der Waals surface area contributed by atoms with Gasteiger partial charge in [-0.2, -0.15) is 0 Å². The highest BCUT2D eigenvalue weighted by Crippen LogP contribution is 2.37. The number of anilines is 1. The largest absolute Gasteiger partial charge is 0.489 e. The molecule has 0 atom stereocenters. The molecule has 37 heavy (non-hydrogen) atoms. The molecule has 0 spiro atoms. The molecule has 1 saturated heterocycles. The van der Waals surface area contributed by atoms with Crippen LogP contribution >= 0.6 is 11.8 Å². The maximum absolute atomic E-state index is 13.5. The van der Waals surface area contributed by atoms with Crippen LogP contribution in [0.15, 0.2) is 107 Å². The van der Waals surface area contributed by atoms with E-state index in [4.69, 9.17) is 9.73 Å². The van der Waals surface area contributed by atoms with Crippen molar-refractivity contribution in [2.24, 2.45) is 4.99 Å². The van der Waals surface area contributed by atoms with E-state index in [-0.39, 0.29) is 18.3 Å². The monoisotopic (exact) mass is 508 g/mol. The van der Waals surface area contributed by atoms with Crippen molar-refractivity contribution in [3.63, 3.8) is 0 Å². The third-order valence-electron chi connectivity index (χ3n) is 5.83. The number of aryl methyl sites for hydroxylation is 2. The van der Waals surface area contributed by atoms with Gasteiger partial charge in [0.25, 0.3) is 5.91 Å². The minimum atomic E-state index is -0.285. The molecule has 5 rings (SSSR count). The van der Waals surface area contributed by atoms with E-state index in [1.165, 1.54) is 23.9 Å². The average molecular weight is 509 g/mol. The average Bonchev–Trinajstić information content (AvgIpc) is 3.19.